The maximum Gasteiger partial charge on any atom is 0.219 e. The number of halogens is 1. The van der Waals surface area contributed by atoms with E-state index in [1.54, 1.807) is 42.1 Å². The number of pyridine rings is 1. The summed E-state index contributed by atoms with van der Waals surface area (Å²) in [6.07, 6.45) is 0.216. The van der Waals surface area contributed by atoms with Crippen molar-refractivity contribution in [3.63, 3.8) is 0 Å². The lowest BCUT2D eigenvalue weighted by atomic mass is 10.1. The molecule has 8 heteroatoms. The zero-order chi connectivity index (χ0) is 21.7. The minimum atomic E-state index is -1.25. The molecule has 0 saturated carbocycles. The number of nitriles is 1. The molecular formula is C22H25FN6O. The van der Waals surface area contributed by atoms with Crippen LogP contribution in [0, 0.1) is 11.3 Å². The molecule has 1 aromatic carbocycles. The number of hydrogen-bond donors (Lipinski definition) is 1. The van der Waals surface area contributed by atoms with Crippen LogP contribution in [0.4, 0.5) is 10.2 Å². The van der Waals surface area contributed by atoms with Gasteiger partial charge in [0.25, 0.3) is 0 Å². The molecule has 2 aromatic heterocycles. The number of nitrogens with zero attached hydrogens (tertiary/aromatic N) is 5. The first-order valence-electron chi connectivity index (χ1n) is 9.82. The molecule has 0 saturated heterocycles. The fourth-order valence-electron chi connectivity index (χ4n) is 3.12. The van der Waals surface area contributed by atoms with Crippen LogP contribution >= 0.6 is 0 Å². The number of aromatic nitrogens is 3. The molecule has 156 valence electrons. The first-order chi connectivity index (χ1) is 14.5. The van der Waals surface area contributed by atoms with E-state index in [0.29, 0.717) is 34.0 Å². The van der Waals surface area contributed by atoms with Crippen molar-refractivity contribution in [2.24, 2.45) is 12.8 Å². The molecular weight excluding hydrogens is 383 g/mol. The average molecular weight is 408 g/mol. The Kier molecular flexibility index (Phi) is 6.65. The zero-order valence-corrected chi connectivity index (χ0v) is 17.3. The SMILES string of the molecule is CCN(CC)c1cc(Oc2cc(C#N)ccc2-c2ccc([C@H](F)CN)cn2)n(C)n1. The molecule has 2 N–H and O–H groups in total. The first kappa shape index (κ1) is 21.3. The summed E-state index contributed by atoms with van der Waals surface area (Å²) in [7, 11) is 1.80. The highest BCUT2D eigenvalue weighted by Crippen LogP contribution is 2.34. The summed E-state index contributed by atoms with van der Waals surface area (Å²) >= 11 is 0. The van der Waals surface area contributed by atoms with E-state index < -0.39 is 6.17 Å². The van der Waals surface area contributed by atoms with E-state index in [0.717, 1.165) is 18.9 Å². The highest BCUT2D eigenvalue weighted by molar-refractivity contribution is 5.69. The number of alkyl halides is 1. The Hall–Kier alpha value is -3.44. The van der Waals surface area contributed by atoms with Crippen LogP contribution in [0.5, 0.6) is 11.6 Å². The summed E-state index contributed by atoms with van der Waals surface area (Å²) < 4.78 is 21.6. The van der Waals surface area contributed by atoms with Gasteiger partial charge in [-0.25, -0.2) is 9.07 Å². The van der Waals surface area contributed by atoms with Crippen molar-refractivity contribution < 1.29 is 9.13 Å². The van der Waals surface area contributed by atoms with Gasteiger partial charge in [0.05, 0.1) is 17.3 Å². The zero-order valence-electron chi connectivity index (χ0n) is 17.3. The molecule has 0 aliphatic carbocycles. The molecule has 0 bridgehead atoms. The number of hydrogen-bond acceptors (Lipinski definition) is 6. The predicted molar refractivity (Wildman–Crippen MR) is 114 cm³/mol. The molecule has 0 amide bonds. The Bertz CT molecular complexity index is 1040. The third-order valence-corrected chi connectivity index (χ3v) is 4.87. The second kappa shape index (κ2) is 9.37. The van der Waals surface area contributed by atoms with Gasteiger partial charge in [0.2, 0.25) is 5.88 Å². The van der Waals surface area contributed by atoms with Crippen LogP contribution in [0.2, 0.25) is 0 Å². The van der Waals surface area contributed by atoms with Gasteiger partial charge < -0.3 is 15.4 Å². The highest BCUT2D eigenvalue weighted by Gasteiger charge is 2.16. The van der Waals surface area contributed by atoms with Crippen LogP contribution < -0.4 is 15.4 Å². The predicted octanol–water partition coefficient (Wildman–Crippen LogP) is 3.96. The van der Waals surface area contributed by atoms with E-state index in [1.165, 1.54) is 6.20 Å². The number of anilines is 1. The minimum Gasteiger partial charge on any atom is -0.438 e. The second-order valence-corrected chi connectivity index (χ2v) is 6.74. The highest BCUT2D eigenvalue weighted by atomic mass is 19.1. The van der Waals surface area contributed by atoms with Crippen molar-refractivity contribution in [1.29, 1.82) is 5.26 Å². The number of nitrogens with two attached hydrogens (primary N) is 1. The van der Waals surface area contributed by atoms with Crippen molar-refractivity contribution in [3.8, 4) is 29.0 Å². The normalized spacial score (nSPS) is 11.7. The van der Waals surface area contributed by atoms with Crippen LogP contribution in [-0.2, 0) is 7.05 Å². The van der Waals surface area contributed by atoms with Gasteiger partial charge in [0, 0.05) is 50.1 Å². The topological polar surface area (TPSA) is 93.0 Å². The summed E-state index contributed by atoms with van der Waals surface area (Å²) in [5.41, 5.74) is 7.57. The third-order valence-electron chi connectivity index (χ3n) is 4.87. The molecule has 3 rings (SSSR count). The Morgan fingerprint density at radius 3 is 2.60 bits per heavy atom. The van der Waals surface area contributed by atoms with E-state index in [1.807, 2.05) is 6.07 Å². The maximum absolute atomic E-state index is 13.8. The number of ether oxygens (including phenoxy) is 1. The van der Waals surface area contributed by atoms with E-state index >= 15 is 0 Å². The van der Waals surface area contributed by atoms with E-state index in [9.17, 15) is 9.65 Å². The third kappa shape index (κ3) is 4.42. The summed E-state index contributed by atoms with van der Waals surface area (Å²) in [4.78, 5) is 6.48. The molecule has 0 radical (unpaired) electrons. The second-order valence-electron chi connectivity index (χ2n) is 6.74. The maximum atomic E-state index is 13.8. The smallest absolute Gasteiger partial charge is 0.219 e. The van der Waals surface area contributed by atoms with Gasteiger partial charge in [-0.2, -0.15) is 10.4 Å². The number of aryl methyl sites for hydroxylation is 1. The van der Waals surface area contributed by atoms with Crippen LogP contribution in [0.15, 0.2) is 42.6 Å². The largest absolute Gasteiger partial charge is 0.438 e. The van der Waals surface area contributed by atoms with Crippen molar-refractivity contribution in [2.45, 2.75) is 20.0 Å². The monoisotopic (exact) mass is 408 g/mol. The fraction of sp³-hybridized carbons (Fsp3) is 0.318. The molecule has 0 aliphatic heterocycles. The Balaban J connectivity index is 1.98. The lowest BCUT2D eigenvalue weighted by Gasteiger charge is -2.16. The van der Waals surface area contributed by atoms with Crippen LogP contribution in [0.3, 0.4) is 0 Å². The van der Waals surface area contributed by atoms with Gasteiger partial charge in [-0.05, 0) is 38.1 Å². The fourth-order valence-corrected chi connectivity index (χ4v) is 3.12. The lowest BCUT2D eigenvalue weighted by molar-refractivity contribution is 0.352. The molecule has 1 atom stereocenters. The van der Waals surface area contributed by atoms with E-state index in [4.69, 9.17) is 10.5 Å². The van der Waals surface area contributed by atoms with Gasteiger partial charge in [0.15, 0.2) is 5.82 Å². The summed E-state index contributed by atoms with van der Waals surface area (Å²) in [5.74, 6) is 1.82. The average Bonchev–Trinajstić information content (AvgIpc) is 3.14. The van der Waals surface area contributed by atoms with Gasteiger partial charge >= 0.3 is 0 Å². The van der Waals surface area contributed by atoms with Gasteiger partial charge in [-0.1, -0.05) is 6.07 Å². The molecule has 2 heterocycles. The quantitative estimate of drug-likeness (QED) is 0.606. The summed E-state index contributed by atoms with van der Waals surface area (Å²) in [6, 6.07) is 12.5. The number of benzene rings is 1. The molecule has 3 aromatic rings. The molecule has 0 aliphatic rings. The molecule has 30 heavy (non-hydrogen) atoms. The number of rotatable bonds is 8. The van der Waals surface area contributed by atoms with Crippen molar-refractivity contribution in [1.82, 2.24) is 14.8 Å². The van der Waals surface area contributed by atoms with Crippen LogP contribution in [-0.4, -0.2) is 34.4 Å². The Labute approximate surface area is 175 Å². The first-order valence-corrected chi connectivity index (χ1v) is 9.82. The van der Waals surface area contributed by atoms with Crippen molar-refractivity contribution in [2.75, 3.05) is 24.5 Å². The van der Waals surface area contributed by atoms with Gasteiger partial charge in [-0.15, -0.1) is 0 Å². The van der Waals surface area contributed by atoms with E-state index in [2.05, 4.69) is 34.9 Å². The summed E-state index contributed by atoms with van der Waals surface area (Å²) in [5, 5.41) is 13.8. The van der Waals surface area contributed by atoms with Crippen molar-refractivity contribution >= 4 is 5.82 Å². The van der Waals surface area contributed by atoms with E-state index in [-0.39, 0.29) is 6.54 Å². The minimum absolute atomic E-state index is 0.0956. The van der Waals surface area contributed by atoms with Crippen molar-refractivity contribution in [3.05, 3.63) is 53.7 Å². The van der Waals surface area contributed by atoms with Crippen LogP contribution in [0.25, 0.3) is 11.3 Å². The molecule has 0 unspecified atom stereocenters. The Morgan fingerprint density at radius 1 is 1.23 bits per heavy atom. The Morgan fingerprint density at radius 2 is 2.00 bits per heavy atom. The summed E-state index contributed by atoms with van der Waals surface area (Å²) in [6.45, 7) is 5.69. The molecule has 0 fully saturated rings. The van der Waals surface area contributed by atoms with Gasteiger partial charge in [0.1, 0.15) is 11.9 Å². The molecule has 0 spiro atoms. The van der Waals surface area contributed by atoms with Gasteiger partial charge in [-0.3, -0.25) is 4.98 Å². The van der Waals surface area contributed by atoms with Crippen LogP contribution in [0.1, 0.15) is 31.1 Å². The lowest BCUT2D eigenvalue weighted by Crippen LogP contribution is -2.22. The standard InChI is InChI=1S/C22H25FN6O/c1-4-29(5-2)21-11-22(28(3)27-21)30-20-10-15(12-24)6-8-17(20)19-9-7-16(14-26-19)18(23)13-25/h6-11,14,18H,4-5,13,25H2,1-3H3/t18-/m1/s1. The molecule has 7 nitrogen and oxygen atoms in total.